The molecule has 10 rings (SSSR count). The molecule has 3 heterocycles. The summed E-state index contributed by atoms with van der Waals surface area (Å²) >= 11 is 0. The zero-order valence-corrected chi connectivity index (χ0v) is 27.7. The lowest BCUT2D eigenvalue weighted by molar-refractivity contribution is 0.592. The molecule has 0 bridgehead atoms. The molecule has 1 aliphatic heterocycles. The topological polar surface area (TPSA) is 47.8 Å². The van der Waals surface area contributed by atoms with Gasteiger partial charge in [-0.25, -0.2) is 4.98 Å². The average molecular weight is 648 g/mol. The van der Waals surface area contributed by atoms with Crippen LogP contribution in [0.1, 0.15) is 12.7 Å². The third kappa shape index (κ3) is 3.84. The summed E-state index contributed by atoms with van der Waals surface area (Å²) in [4.78, 5) is 10.0. The Kier molecular flexibility index (Phi) is 6.09. The van der Waals surface area contributed by atoms with Gasteiger partial charge in [0.05, 0.1) is 22.2 Å². The summed E-state index contributed by atoms with van der Waals surface area (Å²) in [5, 5.41) is 8.23. The first-order valence-electron chi connectivity index (χ1n) is 16.8. The number of hydrogen-bond acceptors (Lipinski definition) is 3. The predicted molar refractivity (Wildman–Crippen MR) is 205 cm³/mol. The van der Waals surface area contributed by atoms with E-state index in [2.05, 4.69) is 109 Å². The standard InChI is InChI=1S/C44H30N3OP/c1-2-39-46-36-24-12-26-38-44(36)47(39)43-35(23-11-25-37(43)49(38,48)29-16-4-3-5-17-29)41-32-20-8-6-18-30(32)40(31-19-7-9-21-33(31)41)34-22-10-14-28-15-13-27-45-42(28)34/h3-27H,2H2,1H3. The molecule has 1 atom stereocenters. The van der Waals surface area contributed by atoms with Gasteiger partial charge in [-0.1, -0.05) is 128 Å². The molecule has 0 amide bonds. The van der Waals surface area contributed by atoms with Gasteiger partial charge in [0.25, 0.3) is 0 Å². The van der Waals surface area contributed by atoms with Gasteiger partial charge in [0.2, 0.25) is 0 Å². The Morgan fingerprint density at radius 3 is 1.90 bits per heavy atom. The van der Waals surface area contributed by atoms with E-state index in [9.17, 15) is 0 Å². The van der Waals surface area contributed by atoms with Crippen molar-refractivity contribution in [2.45, 2.75) is 13.3 Å². The normalized spacial score (nSPS) is 15.3. The minimum absolute atomic E-state index is 0.742. The SMILES string of the molecule is CCc1nc2cccc3c2n1-c1c(-c2c4ccccc4c(-c4cccc5cccnc45)c4ccccc24)cccc1P3(=O)c1ccccc1. The van der Waals surface area contributed by atoms with Crippen molar-refractivity contribution in [3.05, 3.63) is 158 Å². The van der Waals surface area contributed by atoms with Gasteiger partial charge in [-0.15, -0.1) is 0 Å². The Morgan fingerprint density at radius 1 is 0.592 bits per heavy atom. The average Bonchev–Trinajstić information content (AvgIpc) is 3.55. The van der Waals surface area contributed by atoms with E-state index in [0.29, 0.717) is 0 Å². The Hall–Kier alpha value is -5.83. The van der Waals surface area contributed by atoms with Crippen LogP contribution in [0.5, 0.6) is 0 Å². The van der Waals surface area contributed by atoms with E-state index in [1.165, 1.54) is 5.56 Å². The Balaban J connectivity index is 1.39. The summed E-state index contributed by atoms with van der Waals surface area (Å²) in [6.45, 7) is 2.15. The van der Waals surface area contributed by atoms with E-state index in [0.717, 1.165) is 94.0 Å². The zero-order chi connectivity index (χ0) is 32.7. The van der Waals surface area contributed by atoms with Crippen LogP contribution >= 0.6 is 7.14 Å². The molecule has 0 saturated carbocycles. The van der Waals surface area contributed by atoms with Crippen LogP contribution in [0.3, 0.4) is 0 Å². The van der Waals surface area contributed by atoms with E-state index in [1.54, 1.807) is 0 Å². The van der Waals surface area contributed by atoms with Crippen LogP contribution in [0.2, 0.25) is 0 Å². The lowest BCUT2D eigenvalue weighted by Gasteiger charge is -2.31. The molecular formula is C44H30N3OP. The van der Waals surface area contributed by atoms with Gasteiger partial charge >= 0.3 is 0 Å². The van der Waals surface area contributed by atoms with Crippen molar-refractivity contribution in [3.63, 3.8) is 0 Å². The monoisotopic (exact) mass is 647 g/mol. The highest BCUT2D eigenvalue weighted by Crippen LogP contribution is 2.53. The first kappa shape index (κ1) is 28.2. The van der Waals surface area contributed by atoms with Gasteiger partial charge < -0.3 is 4.57 Å². The van der Waals surface area contributed by atoms with Crippen LogP contribution < -0.4 is 15.9 Å². The van der Waals surface area contributed by atoms with Crippen LogP contribution in [-0.4, -0.2) is 14.5 Å². The third-order valence-corrected chi connectivity index (χ3v) is 13.3. The second kappa shape index (κ2) is 10.6. The lowest BCUT2D eigenvalue weighted by Crippen LogP contribution is -2.33. The smallest absolute Gasteiger partial charge is 0.175 e. The van der Waals surface area contributed by atoms with Crippen molar-refractivity contribution in [3.8, 4) is 27.9 Å². The molecule has 0 spiro atoms. The van der Waals surface area contributed by atoms with Crippen molar-refractivity contribution < 1.29 is 4.57 Å². The summed E-state index contributed by atoms with van der Waals surface area (Å²) in [6.07, 6.45) is 2.62. The Morgan fingerprint density at radius 2 is 1.18 bits per heavy atom. The molecule has 9 aromatic rings. The molecule has 49 heavy (non-hydrogen) atoms. The summed E-state index contributed by atoms with van der Waals surface area (Å²) in [5.41, 5.74) is 8.22. The van der Waals surface area contributed by atoms with Crippen LogP contribution in [-0.2, 0) is 11.0 Å². The number of imidazole rings is 1. The Bertz CT molecular complexity index is 2790. The van der Waals surface area contributed by atoms with Crippen LogP contribution in [0.4, 0.5) is 0 Å². The molecule has 0 fully saturated rings. The molecule has 232 valence electrons. The van der Waals surface area contributed by atoms with E-state index in [-0.39, 0.29) is 0 Å². The summed E-state index contributed by atoms with van der Waals surface area (Å²) in [6, 6.07) is 50.4. The van der Waals surface area contributed by atoms with Crippen molar-refractivity contribution in [2.75, 3.05) is 0 Å². The molecule has 0 saturated heterocycles. The van der Waals surface area contributed by atoms with Gasteiger partial charge in [-0.2, -0.15) is 0 Å². The maximum Gasteiger partial charge on any atom is 0.175 e. The lowest BCUT2D eigenvalue weighted by atomic mass is 9.85. The summed E-state index contributed by atoms with van der Waals surface area (Å²) in [5.74, 6) is 0.961. The van der Waals surface area contributed by atoms with E-state index in [4.69, 9.17) is 9.97 Å². The second-order valence-corrected chi connectivity index (χ2v) is 15.4. The number of benzene rings is 7. The van der Waals surface area contributed by atoms with Crippen LogP contribution in [0.25, 0.3) is 71.4 Å². The van der Waals surface area contributed by atoms with Crippen LogP contribution in [0, 0.1) is 0 Å². The highest BCUT2D eigenvalue weighted by Gasteiger charge is 2.41. The third-order valence-electron chi connectivity index (χ3n) is 10.2. The largest absolute Gasteiger partial charge is 0.308 e. The van der Waals surface area contributed by atoms with E-state index >= 15 is 4.57 Å². The van der Waals surface area contributed by atoms with E-state index < -0.39 is 7.14 Å². The molecule has 0 radical (unpaired) electrons. The minimum atomic E-state index is -3.28. The molecule has 5 heteroatoms. The second-order valence-electron chi connectivity index (χ2n) is 12.7. The maximum atomic E-state index is 16.0. The molecule has 1 unspecified atom stereocenters. The summed E-state index contributed by atoms with van der Waals surface area (Å²) in [7, 11) is -3.28. The van der Waals surface area contributed by atoms with Gasteiger partial charge in [-0.3, -0.25) is 9.55 Å². The van der Waals surface area contributed by atoms with E-state index in [1.807, 2.05) is 54.7 Å². The molecule has 7 aromatic carbocycles. The van der Waals surface area contributed by atoms with Crippen molar-refractivity contribution in [2.24, 2.45) is 0 Å². The number of para-hydroxylation sites is 3. The Labute approximate surface area is 283 Å². The van der Waals surface area contributed by atoms with Gasteiger partial charge in [0.1, 0.15) is 5.82 Å². The summed E-state index contributed by atoms with van der Waals surface area (Å²) < 4.78 is 18.3. The van der Waals surface area contributed by atoms with Crippen molar-refractivity contribution >= 4 is 66.5 Å². The minimum Gasteiger partial charge on any atom is -0.308 e. The molecule has 1 aliphatic rings. The van der Waals surface area contributed by atoms with Crippen molar-refractivity contribution in [1.82, 2.24) is 14.5 Å². The molecule has 2 aromatic heterocycles. The van der Waals surface area contributed by atoms with Gasteiger partial charge in [0.15, 0.2) is 7.14 Å². The number of aromatic nitrogens is 3. The maximum absolute atomic E-state index is 16.0. The predicted octanol–water partition coefficient (Wildman–Crippen LogP) is 9.73. The number of hydrogen-bond donors (Lipinski definition) is 0. The molecule has 0 N–H and O–H groups in total. The van der Waals surface area contributed by atoms with Gasteiger partial charge in [-0.05, 0) is 56.9 Å². The zero-order valence-electron chi connectivity index (χ0n) is 26.8. The quantitative estimate of drug-likeness (QED) is 0.141. The number of aryl methyl sites for hydroxylation is 1. The first-order valence-corrected chi connectivity index (χ1v) is 18.5. The van der Waals surface area contributed by atoms with Gasteiger partial charge in [0, 0.05) is 45.0 Å². The highest BCUT2D eigenvalue weighted by molar-refractivity contribution is 7.86. The molecule has 4 nitrogen and oxygen atoms in total. The van der Waals surface area contributed by atoms with Crippen LogP contribution in [0.15, 0.2) is 152 Å². The number of fused-ring (bicyclic) bond motifs is 5. The number of pyridine rings is 1. The highest BCUT2D eigenvalue weighted by atomic mass is 31.2. The molecular weight excluding hydrogens is 617 g/mol. The number of nitrogens with zero attached hydrogens (tertiary/aromatic N) is 3. The fraction of sp³-hybridized carbons (Fsp3) is 0.0455. The fourth-order valence-corrected chi connectivity index (χ4v) is 11.2. The number of rotatable bonds is 4. The fourth-order valence-electron chi connectivity index (χ4n) is 8.17. The van der Waals surface area contributed by atoms with Crippen molar-refractivity contribution in [1.29, 1.82) is 0 Å². The first-order chi connectivity index (χ1) is 24.2. The molecule has 0 aliphatic carbocycles.